The standard InChI is InChI=1S/C26H24N4O6S/c1-15-22-25(28-14-30(26(22)33)12-21(31)29-17-7-3-4-8-18(17)34-2)37-23(15)24(32)27-11-16-13-35-19-9-5-6-10-20(19)36-16/h3-10,14,16H,11-13H2,1-2H3,(H,27,32)(H,29,31)/t16-/m0/s1. The minimum absolute atomic E-state index is 0.238. The molecular weight excluding hydrogens is 496 g/mol. The van der Waals surface area contributed by atoms with Crippen LogP contribution in [-0.2, 0) is 11.3 Å². The predicted octanol–water partition coefficient (Wildman–Crippen LogP) is 2.98. The van der Waals surface area contributed by atoms with E-state index < -0.39 is 11.5 Å². The highest BCUT2D eigenvalue weighted by Gasteiger charge is 2.24. The Labute approximate surface area is 215 Å². The summed E-state index contributed by atoms with van der Waals surface area (Å²) in [6.45, 7) is 2.01. The molecule has 2 aromatic heterocycles. The van der Waals surface area contributed by atoms with E-state index in [9.17, 15) is 14.4 Å². The van der Waals surface area contributed by atoms with Gasteiger partial charge in [-0.25, -0.2) is 4.98 Å². The number of amides is 2. The Morgan fingerprint density at radius 1 is 1.16 bits per heavy atom. The van der Waals surface area contributed by atoms with Crippen LogP contribution in [0.4, 0.5) is 5.69 Å². The van der Waals surface area contributed by atoms with Crippen LogP contribution >= 0.6 is 11.3 Å². The molecule has 5 rings (SSSR count). The number of carbonyl (C=O) groups excluding carboxylic acids is 2. The summed E-state index contributed by atoms with van der Waals surface area (Å²) in [6, 6.07) is 14.3. The summed E-state index contributed by atoms with van der Waals surface area (Å²) < 4.78 is 18.0. The molecule has 2 amide bonds. The number of thiophene rings is 1. The number of carbonyl (C=O) groups is 2. The van der Waals surface area contributed by atoms with Crippen molar-refractivity contribution in [3.63, 3.8) is 0 Å². The molecule has 1 atom stereocenters. The van der Waals surface area contributed by atoms with Gasteiger partial charge in [-0.15, -0.1) is 11.3 Å². The van der Waals surface area contributed by atoms with E-state index in [0.29, 0.717) is 50.2 Å². The number of methoxy groups -OCH3 is 1. The summed E-state index contributed by atoms with van der Waals surface area (Å²) in [6.07, 6.45) is 0.972. The van der Waals surface area contributed by atoms with Crippen molar-refractivity contribution < 1.29 is 23.8 Å². The lowest BCUT2D eigenvalue weighted by atomic mass is 10.2. The molecule has 3 heterocycles. The third kappa shape index (κ3) is 4.98. The van der Waals surface area contributed by atoms with E-state index in [1.165, 1.54) is 18.0 Å². The molecule has 190 valence electrons. The molecule has 0 radical (unpaired) electrons. The van der Waals surface area contributed by atoms with Crippen molar-refractivity contribution in [2.75, 3.05) is 25.6 Å². The maximum absolute atomic E-state index is 13.2. The first kappa shape index (κ1) is 24.3. The number of nitrogens with one attached hydrogen (secondary N) is 2. The molecule has 0 spiro atoms. The van der Waals surface area contributed by atoms with Crippen LogP contribution in [0.3, 0.4) is 0 Å². The highest BCUT2D eigenvalue weighted by Crippen LogP contribution is 2.31. The van der Waals surface area contributed by atoms with Crippen molar-refractivity contribution >= 4 is 39.1 Å². The zero-order valence-corrected chi connectivity index (χ0v) is 21.0. The first-order valence-corrected chi connectivity index (χ1v) is 12.3. The summed E-state index contributed by atoms with van der Waals surface area (Å²) in [4.78, 5) is 43.9. The lowest BCUT2D eigenvalue weighted by molar-refractivity contribution is -0.116. The third-order valence-corrected chi connectivity index (χ3v) is 7.07. The molecule has 1 aliphatic rings. The molecule has 2 N–H and O–H groups in total. The van der Waals surface area contributed by atoms with Crippen molar-refractivity contribution in [2.24, 2.45) is 0 Å². The molecule has 0 aliphatic carbocycles. The largest absolute Gasteiger partial charge is 0.495 e. The number of hydrogen-bond acceptors (Lipinski definition) is 8. The third-order valence-electron chi connectivity index (χ3n) is 5.88. The SMILES string of the molecule is COc1ccccc1NC(=O)Cn1cnc2sc(C(=O)NC[C@H]3COc4ccccc4O3)c(C)c2c1=O. The number of anilines is 1. The van der Waals surface area contributed by atoms with Crippen LogP contribution in [0.5, 0.6) is 17.2 Å². The fourth-order valence-electron chi connectivity index (χ4n) is 4.03. The number of ether oxygens (including phenoxy) is 3. The Hall–Kier alpha value is -4.38. The van der Waals surface area contributed by atoms with Crippen LogP contribution in [0.15, 0.2) is 59.7 Å². The quantitative estimate of drug-likeness (QED) is 0.384. The number of rotatable bonds is 7. The normalized spacial score (nSPS) is 14.3. The molecule has 4 aromatic rings. The molecule has 0 fully saturated rings. The van der Waals surface area contributed by atoms with Gasteiger partial charge in [0.15, 0.2) is 11.5 Å². The van der Waals surface area contributed by atoms with Crippen LogP contribution in [0.1, 0.15) is 15.2 Å². The number of nitrogens with zero attached hydrogens (tertiary/aromatic N) is 2. The highest BCUT2D eigenvalue weighted by atomic mass is 32.1. The maximum Gasteiger partial charge on any atom is 0.262 e. The molecule has 1 aliphatic heterocycles. The van der Waals surface area contributed by atoms with E-state index >= 15 is 0 Å². The van der Waals surface area contributed by atoms with Crippen LogP contribution in [0.2, 0.25) is 0 Å². The Bertz CT molecular complexity index is 1550. The van der Waals surface area contributed by atoms with Crippen LogP contribution in [0, 0.1) is 6.92 Å². The Kier molecular flexibility index (Phi) is 6.78. The fraction of sp³-hybridized carbons (Fsp3) is 0.231. The molecule has 10 nitrogen and oxygen atoms in total. The molecule has 0 saturated carbocycles. The molecule has 0 unspecified atom stereocenters. The van der Waals surface area contributed by atoms with Crippen molar-refractivity contribution in [3.8, 4) is 17.2 Å². The van der Waals surface area contributed by atoms with Gasteiger partial charge in [0.05, 0.1) is 35.9 Å². The van der Waals surface area contributed by atoms with Crippen molar-refractivity contribution in [1.29, 1.82) is 0 Å². The zero-order valence-electron chi connectivity index (χ0n) is 20.1. The number of hydrogen-bond donors (Lipinski definition) is 2. The molecule has 0 saturated heterocycles. The van der Waals surface area contributed by atoms with Gasteiger partial charge >= 0.3 is 0 Å². The fourth-order valence-corrected chi connectivity index (χ4v) is 5.09. The van der Waals surface area contributed by atoms with E-state index in [1.807, 2.05) is 24.3 Å². The molecular formula is C26H24N4O6S. The van der Waals surface area contributed by atoms with Gasteiger partial charge in [-0.1, -0.05) is 24.3 Å². The van der Waals surface area contributed by atoms with E-state index in [1.54, 1.807) is 31.2 Å². The lowest BCUT2D eigenvalue weighted by Gasteiger charge is -2.26. The van der Waals surface area contributed by atoms with Crippen LogP contribution in [-0.4, -0.2) is 47.7 Å². The summed E-state index contributed by atoms with van der Waals surface area (Å²) in [7, 11) is 1.51. The Morgan fingerprint density at radius 2 is 1.92 bits per heavy atom. The maximum atomic E-state index is 13.2. The van der Waals surface area contributed by atoms with Gasteiger partial charge in [0.25, 0.3) is 11.5 Å². The molecule has 37 heavy (non-hydrogen) atoms. The van der Waals surface area contributed by atoms with Crippen molar-refractivity contribution in [1.82, 2.24) is 14.9 Å². The number of benzene rings is 2. The minimum Gasteiger partial charge on any atom is -0.495 e. The second kappa shape index (κ2) is 10.3. The van der Waals surface area contributed by atoms with E-state index in [2.05, 4.69) is 15.6 Å². The molecule has 0 bridgehead atoms. The van der Waals surface area contributed by atoms with Gasteiger partial charge in [-0.3, -0.25) is 19.0 Å². The predicted molar refractivity (Wildman–Crippen MR) is 139 cm³/mol. The van der Waals surface area contributed by atoms with E-state index in [4.69, 9.17) is 14.2 Å². The monoisotopic (exact) mass is 520 g/mol. The number of aryl methyl sites for hydroxylation is 1. The number of fused-ring (bicyclic) bond motifs is 2. The Morgan fingerprint density at radius 3 is 2.73 bits per heavy atom. The van der Waals surface area contributed by atoms with Gasteiger partial charge in [-0.2, -0.15) is 0 Å². The Balaban J connectivity index is 1.28. The minimum atomic E-state index is -0.408. The van der Waals surface area contributed by atoms with Gasteiger partial charge in [-0.05, 0) is 36.8 Å². The van der Waals surface area contributed by atoms with Crippen LogP contribution in [0.25, 0.3) is 10.2 Å². The summed E-state index contributed by atoms with van der Waals surface area (Å²) >= 11 is 1.13. The topological polar surface area (TPSA) is 121 Å². The second-order valence-corrected chi connectivity index (χ2v) is 9.37. The molecule has 11 heteroatoms. The zero-order chi connectivity index (χ0) is 25.9. The highest BCUT2D eigenvalue weighted by molar-refractivity contribution is 7.20. The first-order valence-electron chi connectivity index (χ1n) is 11.5. The van der Waals surface area contributed by atoms with E-state index in [0.717, 1.165) is 11.3 Å². The van der Waals surface area contributed by atoms with Gasteiger partial charge in [0.2, 0.25) is 5.91 Å². The van der Waals surface area contributed by atoms with Gasteiger partial charge in [0.1, 0.15) is 29.8 Å². The van der Waals surface area contributed by atoms with E-state index in [-0.39, 0.29) is 25.1 Å². The summed E-state index contributed by atoms with van der Waals surface area (Å²) in [5.74, 6) is 1.07. The lowest BCUT2D eigenvalue weighted by Crippen LogP contribution is -2.40. The molecule has 2 aromatic carbocycles. The van der Waals surface area contributed by atoms with Crippen molar-refractivity contribution in [2.45, 2.75) is 19.6 Å². The van der Waals surface area contributed by atoms with Gasteiger partial charge < -0.3 is 24.8 Å². The summed E-state index contributed by atoms with van der Waals surface area (Å²) in [5.41, 5.74) is 0.618. The van der Waals surface area contributed by atoms with Crippen molar-refractivity contribution in [3.05, 3.63) is 75.7 Å². The smallest absolute Gasteiger partial charge is 0.262 e. The van der Waals surface area contributed by atoms with Gasteiger partial charge in [0, 0.05) is 0 Å². The number of aromatic nitrogens is 2. The first-order chi connectivity index (χ1) is 17.9. The average molecular weight is 521 g/mol. The number of para-hydroxylation sites is 4. The second-order valence-electron chi connectivity index (χ2n) is 8.37. The summed E-state index contributed by atoms with van der Waals surface area (Å²) in [5, 5.41) is 5.92. The van der Waals surface area contributed by atoms with Crippen LogP contribution < -0.4 is 30.4 Å². The average Bonchev–Trinajstić information content (AvgIpc) is 3.26.